The maximum absolute atomic E-state index is 12.0. The van der Waals surface area contributed by atoms with E-state index in [2.05, 4.69) is 0 Å². The van der Waals surface area contributed by atoms with E-state index in [1.807, 2.05) is 18.0 Å². The minimum atomic E-state index is -3.20. The first-order valence-electron chi connectivity index (χ1n) is 5.22. The second kappa shape index (κ2) is 4.07. The molecule has 1 heterocycles. The maximum atomic E-state index is 12.0. The van der Waals surface area contributed by atoms with Crippen LogP contribution in [0.4, 0.5) is 5.69 Å². The van der Waals surface area contributed by atoms with Crippen LogP contribution >= 0.6 is 0 Å². The van der Waals surface area contributed by atoms with E-state index in [1.54, 1.807) is 18.2 Å². The number of sulfone groups is 1. The minimum Gasteiger partial charge on any atom is -0.396 e. The summed E-state index contributed by atoms with van der Waals surface area (Å²) >= 11 is 0. The SMILES string of the molecule is CN1c2ccccc2S(=O)(=O)CC1CCO. The van der Waals surface area contributed by atoms with Crippen LogP contribution in [0, 0.1) is 0 Å². The van der Waals surface area contributed by atoms with Gasteiger partial charge in [0.05, 0.1) is 16.3 Å². The molecule has 0 saturated heterocycles. The summed E-state index contributed by atoms with van der Waals surface area (Å²) in [6.45, 7) is 0.00664. The van der Waals surface area contributed by atoms with Crippen LogP contribution in [0.25, 0.3) is 0 Å². The van der Waals surface area contributed by atoms with Gasteiger partial charge in [-0.3, -0.25) is 0 Å². The Hall–Kier alpha value is -1.07. The summed E-state index contributed by atoms with van der Waals surface area (Å²) in [4.78, 5) is 2.33. The zero-order valence-corrected chi connectivity index (χ0v) is 9.94. The van der Waals surface area contributed by atoms with Gasteiger partial charge in [-0.15, -0.1) is 0 Å². The van der Waals surface area contributed by atoms with E-state index in [0.717, 1.165) is 5.69 Å². The zero-order valence-electron chi connectivity index (χ0n) is 9.13. The molecule has 0 fully saturated rings. The highest BCUT2D eigenvalue weighted by Gasteiger charge is 2.32. The fourth-order valence-electron chi connectivity index (χ4n) is 2.09. The van der Waals surface area contributed by atoms with Gasteiger partial charge in [-0.05, 0) is 18.6 Å². The Morgan fingerprint density at radius 2 is 2.12 bits per heavy atom. The lowest BCUT2D eigenvalue weighted by Crippen LogP contribution is -2.42. The Bertz CT molecular complexity index is 484. The van der Waals surface area contributed by atoms with Gasteiger partial charge in [0.1, 0.15) is 0 Å². The predicted octanol–water partition coefficient (Wildman–Crippen LogP) is 0.661. The van der Waals surface area contributed by atoms with Gasteiger partial charge >= 0.3 is 0 Å². The minimum absolute atomic E-state index is 0.00664. The van der Waals surface area contributed by atoms with Gasteiger partial charge in [0, 0.05) is 19.7 Å². The van der Waals surface area contributed by atoms with Crippen molar-refractivity contribution >= 4 is 15.5 Å². The average Bonchev–Trinajstić information content (AvgIpc) is 2.26. The van der Waals surface area contributed by atoms with Crippen molar-refractivity contribution < 1.29 is 13.5 Å². The maximum Gasteiger partial charge on any atom is 0.182 e. The highest BCUT2D eigenvalue weighted by molar-refractivity contribution is 7.91. The van der Waals surface area contributed by atoms with Crippen LogP contribution in [0.1, 0.15) is 6.42 Å². The first-order valence-corrected chi connectivity index (χ1v) is 6.87. The molecular weight excluding hydrogens is 226 g/mol. The number of benzene rings is 1. The van der Waals surface area contributed by atoms with Gasteiger partial charge in [-0.25, -0.2) is 8.42 Å². The number of anilines is 1. The van der Waals surface area contributed by atoms with Crippen LogP contribution in [-0.4, -0.2) is 39.0 Å². The van der Waals surface area contributed by atoms with Gasteiger partial charge in [-0.2, -0.15) is 0 Å². The number of fused-ring (bicyclic) bond motifs is 1. The standard InChI is InChI=1S/C11H15NO3S/c1-12-9(6-7-13)8-16(14,15)11-5-3-2-4-10(11)12/h2-5,9,13H,6-8H2,1H3. The van der Waals surface area contributed by atoms with Gasteiger partial charge < -0.3 is 10.0 Å². The van der Waals surface area contributed by atoms with Crippen molar-refractivity contribution in [2.75, 3.05) is 24.3 Å². The second-order valence-corrected chi connectivity index (χ2v) is 6.03. The van der Waals surface area contributed by atoms with Gasteiger partial charge in [0.25, 0.3) is 0 Å². The van der Waals surface area contributed by atoms with Crippen molar-refractivity contribution in [3.8, 4) is 0 Å². The molecular formula is C11H15NO3S. The smallest absolute Gasteiger partial charge is 0.182 e. The third-order valence-electron chi connectivity index (χ3n) is 3.00. The lowest BCUT2D eigenvalue weighted by molar-refractivity contribution is 0.277. The zero-order chi connectivity index (χ0) is 11.8. The molecule has 0 amide bonds. The van der Waals surface area contributed by atoms with E-state index >= 15 is 0 Å². The summed E-state index contributed by atoms with van der Waals surface area (Å²) < 4.78 is 24.0. The molecule has 1 aliphatic heterocycles. The van der Waals surface area contributed by atoms with Crippen molar-refractivity contribution in [2.45, 2.75) is 17.4 Å². The quantitative estimate of drug-likeness (QED) is 0.826. The molecule has 1 atom stereocenters. The van der Waals surface area contributed by atoms with E-state index in [9.17, 15) is 8.42 Å². The summed E-state index contributed by atoms with van der Waals surface area (Å²) in [6.07, 6.45) is 0.476. The van der Waals surface area contributed by atoms with Crippen molar-refractivity contribution in [2.24, 2.45) is 0 Å². The molecule has 1 aromatic rings. The van der Waals surface area contributed by atoms with E-state index in [0.29, 0.717) is 11.3 Å². The van der Waals surface area contributed by atoms with Crippen LogP contribution in [0.15, 0.2) is 29.2 Å². The number of hydrogen-bond acceptors (Lipinski definition) is 4. The number of hydrogen-bond donors (Lipinski definition) is 1. The van der Waals surface area contributed by atoms with Crippen LogP contribution in [0.2, 0.25) is 0 Å². The molecule has 0 aliphatic carbocycles. The molecule has 5 heteroatoms. The first kappa shape index (κ1) is 11.4. The Labute approximate surface area is 95.4 Å². The van der Waals surface area contributed by atoms with Crippen molar-refractivity contribution in [3.63, 3.8) is 0 Å². The van der Waals surface area contributed by atoms with Gasteiger partial charge in [0.2, 0.25) is 0 Å². The molecule has 4 nitrogen and oxygen atoms in total. The van der Waals surface area contributed by atoms with Crippen molar-refractivity contribution in [3.05, 3.63) is 24.3 Å². The number of para-hydroxylation sites is 1. The van der Waals surface area contributed by atoms with Crippen LogP contribution in [0.5, 0.6) is 0 Å². The molecule has 1 N–H and O–H groups in total. The summed E-state index contributed by atoms with van der Waals surface area (Å²) in [5, 5.41) is 8.93. The first-order chi connectivity index (χ1) is 7.56. The van der Waals surface area contributed by atoms with Crippen LogP contribution in [-0.2, 0) is 9.84 Å². The highest BCUT2D eigenvalue weighted by Crippen LogP contribution is 2.32. The molecule has 1 aromatic carbocycles. The van der Waals surface area contributed by atoms with E-state index in [4.69, 9.17) is 5.11 Å². The lowest BCUT2D eigenvalue weighted by Gasteiger charge is -2.35. The Morgan fingerprint density at radius 1 is 1.44 bits per heavy atom. The fourth-order valence-corrected chi connectivity index (χ4v) is 3.98. The number of aliphatic hydroxyl groups is 1. The van der Waals surface area contributed by atoms with E-state index in [-0.39, 0.29) is 18.4 Å². The number of nitrogens with zero attached hydrogens (tertiary/aromatic N) is 1. The van der Waals surface area contributed by atoms with Crippen molar-refractivity contribution in [1.82, 2.24) is 0 Å². The molecule has 0 aromatic heterocycles. The summed E-state index contributed by atoms with van der Waals surface area (Å²) in [7, 11) is -1.33. The Morgan fingerprint density at radius 3 is 2.81 bits per heavy atom. The third-order valence-corrected chi connectivity index (χ3v) is 4.84. The lowest BCUT2D eigenvalue weighted by atomic mass is 10.2. The van der Waals surface area contributed by atoms with Crippen molar-refractivity contribution in [1.29, 1.82) is 0 Å². The van der Waals surface area contributed by atoms with E-state index in [1.165, 1.54) is 0 Å². The largest absolute Gasteiger partial charge is 0.396 e. The van der Waals surface area contributed by atoms with Crippen LogP contribution < -0.4 is 4.90 Å². The fraction of sp³-hybridized carbons (Fsp3) is 0.455. The molecule has 1 unspecified atom stereocenters. The molecule has 0 radical (unpaired) electrons. The molecule has 1 aliphatic rings. The third kappa shape index (κ3) is 1.81. The predicted molar refractivity (Wildman–Crippen MR) is 62.4 cm³/mol. The Kier molecular flexibility index (Phi) is 2.90. The monoisotopic (exact) mass is 241 g/mol. The van der Waals surface area contributed by atoms with Gasteiger partial charge in [-0.1, -0.05) is 12.1 Å². The average molecular weight is 241 g/mol. The number of rotatable bonds is 2. The number of aliphatic hydroxyl groups excluding tert-OH is 1. The van der Waals surface area contributed by atoms with Gasteiger partial charge in [0.15, 0.2) is 9.84 Å². The normalized spacial score (nSPS) is 22.9. The summed E-state index contributed by atoms with van der Waals surface area (Å²) in [5.74, 6) is 0.0844. The second-order valence-electron chi connectivity index (χ2n) is 4.03. The molecule has 0 spiro atoms. The topological polar surface area (TPSA) is 57.6 Å². The van der Waals surface area contributed by atoms with Crippen LogP contribution in [0.3, 0.4) is 0 Å². The molecule has 88 valence electrons. The summed E-state index contributed by atoms with van der Waals surface area (Å²) in [6, 6.07) is 6.86. The Balaban J connectivity index is 2.49. The highest BCUT2D eigenvalue weighted by atomic mass is 32.2. The molecule has 2 rings (SSSR count). The van der Waals surface area contributed by atoms with E-state index < -0.39 is 9.84 Å². The summed E-state index contributed by atoms with van der Waals surface area (Å²) in [5.41, 5.74) is 0.729. The molecule has 0 saturated carbocycles. The molecule has 16 heavy (non-hydrogen) atoms. The molecule has 0 bridgehead atoms.